The second-order valence-electron chi connectivity index (χ2n) is 6.94. The summed E-state index contributed by atoms with van der Waals surface area (Å²) in [6.07, 6.45) is 2.22. The van der Waals surface area contributed by atoms with Gasteiger partial charge in [0.15, 0.2) is 0 Å². The number of nitrogens with one attached hydrogen (secondary N) is 1. The Morgan fingerprint density at radius 3 is 2.57 bits per heavy atom. The quantitative estimate of drug-likeness (QED) is 0.900. The third-order valence-electron chi connectivity index (χ3n) is 4.08. The van der Waals surface area contributed by atoms with Crippen LogP contribution in [0.25, 0.3) is 0 Å². The molecule has 3 heteroatoms. The van der Waals surface area contributed by atoms with Crippen LogP contribution in [0, 0.1) is 5.92 Å². The van der Waals surface area contributed by atoms with E-state index in [0.29, 0.717) is 5.92 Å². The van der Waals surface area contributed by atoms with Crippen LogP contribution in [0.5, 0.6) is 5.75 Å². The molecular formula is C18H29NO2. The maximum Gasteiger partial charge on any atom is 0.127 e. The minimum atomic E-state index is 0.0920. The Morgan fingerprint density at radius 2 is 1.95 bits per heavy atom. The minimum Gasteiger partial charge on any atom is -0.493 e. The van der Waals surface area contributed by atoms with Crippen LogP contribution in [0.4, 0.5) is 0 Å². The summed E-state index contributed by atoms with van der Waals surface area (Å²) < 4.78 is 11.7. The average Bonchev–Trinajstić information content (AvgIpc) is 2.46. The molecule has 0 amide bonds. The van der Waals surface area contributed by atoms with Gasteiger partial charge in [0, 0.05) is 25.3 Å². The fourth-order valence-electron chi connectivity index (χ4n) is 2.79. The van der Waals surface area contributed by atoms with Crippen LogP contribution in [-0.4, -0.2) is 26.9 Å². The molecule has 1 aromatic carbocycles. The van der Waals surface area contributed by atoms with Crippen LogP contribution in [0.2, 0.25) is 0 Å². The first kappa shape index (κ1) is 16.3. The Balaban J connectivity index is 2.17. The van der Waals surface area contributed by atoms with E-state index in [2.05, 4.69) is 44.3 Å². The summed E-state index contributed by atoms with van der Waals surface area (Å²) in [6.45, 7) is 10.1. The molecule has 1 aliphatic heterocycles. The molecule has 2 rings (SSSR count). The second-order valence-corrected chi connectivity index (χ2v) is 6.94. The predicted octanol–water partition coefficient (Wildman–Crippen LogP) is 3.51. The monoisotopic (exact) mass is 291 g/mol. The number of para-hydroxylation sites is 1. The van der Waals surface area contributed by atoms with Crippen LogP contribution in [-0.2, 0) is 16.7 Å². The summed E-state index contributed by atoms with van der Waals surface area (Å²) in [7, 11) is 1.98. The van der Waals surface area contributed by atoms with E-state index in [9.17, 15) is 0 Å². The fourth-order valence-corrected chi connectivity index (χ4v) is 2.79. The van der Waals surface area contributed by atoms with Gasteiger partial charge < -0.3 is 14.8 Å². The van der Waals surface area contributed by atoms with Crippen molar-refractivity contribution in [3.63, 3.8) is 0 Å². The molecule has 118 valence electrons. The molecule has 1 aliphatic rings. The summed E-state index contributed by atoms with van der Waals surface area (Å²) in [6, 6.07) is 6.48. The molecular weight excluding hydrogens is 262 g/mol. The summed E-state index contributed by atoms with van der Waals surface area (Å²) in [4.78, 5) is 0. The maximum atomic E-state index is 6.29. The Kier molecular flexibility index (Phi) is 5.65. The van der Waals surface area contributed by atoms with Crippen LogP contribution in [0.15, 0.2) is 18.2 Å². The molecule has 1 N–H and O–H groups in total. The lowest BCUT2D eigenvalue weighted by Gasteiger charge is -2.27. The Bertz CT molecular complexity index is 445. The number of hydrogen-bond donors (Lipinski definition) is 1. The van der Waals surface area contributed by atoms with E-state index in [4.69, 9.17) is 9.47 Å². The molecule has 3 nitrogen and oxygen atoms in total. The molecule has 1 heterocycles. The zero-order chi connectivity index (χ0) is 15.3. The van der Waals surface area contributed by atoms with Gasteiger partial charge in [-0.05, 0) is 36.8 Å². The van der Waals surface area contributed by atoms with E-state index < -0.39 is 0 Å². The van der Waals surface area contributed by atoms with Crippen LogP contribution in [0.3, 0.4) is 0 Å². The molecule has 0 bridgehead atoms. The molecule has 0 atom stereocenters. The lowest BCUT2D eigenvalue weighted by molar-refractivity contribution is 0.0493. The molecule has 0 aliphatic carbocycles. The number of rotatable bonds is 5. The summed E-state index contributed by atoms with van der Waals surface area (Å²) in [5.74, 6) is 1.69. The first-order valence-electron chi connectivity index (χ1n) is 8.00. The first-order chi connectivity index (χ1) is 10.0. The van der Waals surface area contributed by atoms with Crippen LogP contribution < -0.4 is 10.1 Å². The number of benzene rings is 1. The van der Waals surface area contributed by atoms with Crippen LogP contribution in [0.1, 0.15) is 44.7 Å². The van der Waals surface area contributed by atoms with Crippen molar-refractivity contribution >= 4 is 0 Å². The molecule has 1 saturated heterocycles. The van der Waals surface area contributed by atoms with Gasteiger partial charge in [-0.3, -0.25) is 0 Å². The standard InChI is InChI=1S/C18H29NO2/c1-18(2,3)16-7-5-6-15(12-19-4)17(16)21-13-14-8-10-20-11-9-14/h5-7,14,19H,8-13H2,1-4H3. The smallest absolute Gasteiger partial charge is 0.127 e. The van der Waals surface area contributed by atoms with Crippen molar-refractivity contribution in [2.24, 2.45) is 5.92 Å². The highest BCUT2D eigenvalue weighted by molar-refractivity contribution is 5.45. The van der Waals surface area contributed by atoms with Crippen molar-refractivity contribution in [2.45, 2.75) is 45.6 Å². The highest BCUT2D eigenvalue weighted by atomic mass is 16.5. The van der Waals surface area contributed by atoms with Crippen molar-refractivity contribution in [3.8, 4) is 5.75 Å². The first-order valence-corrected chi connectivity index (χ1v) is 8.00. The molecule has 0 aromatic heterocycles. The van der Waals surface area contributed by atoms with E-state index in [1.807, 2.05) is 7.05 Å². The molecule has 21 heavy (non-hydrogen) atoms. The topological polar surface area (TPSA) is 30.5 Å². The SMILES string of the molecule is CNCc1cccc(C(C)(C)C)c1OCC1CCOCC1. The van der Waals surface area contributed by atoms with E-state index >= 15 is 0 Å². The van der Waals surface area contributed by atoms with Gasteiger partial charge in [-0.25, -0.2) is 0 Å². The van der Waals surface area contributed by atoms with Gasteiger partial charge >= 0.3 is 0 Å². The largest absolute Gasteiger partial charge is 0.493 e. The van der Waals surface area contributed by atoms with Gasteiger partial charge in [0.1, 0.15) is 5.75 Å². The van der Waals surface area contributed by atoms with Gasteiger partial charge in [0.05, 0.1) is 6.61 Å². The van der Waals surface area contributed by atoms with Crippen molar-refractivity contribution in [1.29, 1.82) is 0 Å². The van der Waals surface area contributed by atoms with Crippen molar-refractivity contribution in [1.82, 2.24) is 5.32 Å². The molecule has 1 aromatic rings. The third kappa shape index (κ3) is 4.45. The molecule has 0 radical (unpaired) electrons. The molecule has 0 unspecified atom stereocenters. The lowest BCUT2D eigenvalue weighted by atomic mass is 9.85. The third-order valence-corrected chi connectivity index (χ3v) is 4.08. The molecule has 1 fully saturated rings. The molecule has 0 saturated carbocycles. The number of ether oxygens (including phenoxy) is 2. The van der Waals surface area contributed by atoms with E-state index in [1.54, 1.807) is 0 Å². The van der Waals surface area contributed by atoms with Crippen LogP contribution >= 0.6 is 0 Å². The number of hydrogen-bond acceptors (Lipinski definition) is 3. The Labute approximate surface area is 129 Å². The van der Waals surface area contributed by atoms with Gasteiger partial charge in [0.2, 0.25) is 0 Å². The van der Waals surface area contributed by atoms with Gasteiger partial charge in [0.25, 0.3) is 0 Å². The van der Waals surface area contributed by atoms with Crippen molar-refractivity contribution in [3.05, 3.63) is 29.3 Å². The lowest BCUT2D eigenvalue weighted by Crippen LogP contribution is -2.23. The highest BCUT2D eigenvalue weighted by Crippen LogP contribution is 2.34. The van der Waals surface area contributed by atoms with Crippen molar-refractivity contribution in [2.75, 3.05) is 26.9 Å². The zero-order valence-electron chi connectivity index (χ0n) is 13.9. The van der Waals surface area contributed by atoms with E-state index in [1.165, 1.54) is 11.1 Å². The maximum absolute atomic E-state index is 6.29. The minimum absolute atomic E-state index is 0.0920. The normalized spacial score (nSPS) is 17.0. The summed E-state index contributed by atoms with van der Waals surface area (Å²) >= 11 is 0. The van der Waals surface area contributed by atoms with E-state index in [0.717, 1.165) is 45.0 Å². The van der Waals surface area contributed by atoms with E-state index in [-0.39, 0.29) is 5.41 Å². The van der Waals surface area contributed by atoms with Gasteiger partial charge in [-0.15, -0.1) is 0 Å². The fraction of sp³-hybridized carbons (Fsp3) is 0.667. The Morgan fingerprint density at radius 1 is 1.24 bits per heavy atom. The van der Waals surface area contributed by atoms with Crippen molar-refractivity contribution < 1.29 is 9.47 Å². The summed E-state index contributed by atoms with van der Waals surface area (Å²) in [5.41, 5.74) is 2.63. The average molecular weight is 291 g/mol. The van der Waals surface area contributed by atoms with Gasteiger partial charge in [-0.1, -0.05) is 39.0 Å². The van der Waals surface area contributed by atoms with Gasteiger partial charge in [-0.2, -0.15) is 0 Å². The summed E-state index contributed by atoms with van der Waals surface area (Å²) in [5, 5.41) is 3.24. The predicted molar refractivity (Wildman–Crippen MR) is 86.9 cm³/mol. The highest BCUT2D eigenvalue weighted by Gasteiger charge is 2.22. The Hall–Kier alpha value is -1.06. The molecule has 0 spiro atoms. The zero-order valence-corrected chi connectivity index (χ0v) is 13.9. The second kappa shape index (κ2) is 7.28.